The maximum absolute atomic E-state index is 5.99. The van der Waals surface area contributed by atoms with Crippen LogP contribution in [0.1, 0.15) is 51.0 Å². The summed E-state index contributed by atoms with van der Waals surface area (Å²) in [6.07, 6.45) is 9.93. The first-order chi connectivity index (χ1) is 10.8. The van der Waals surface area contributed by atoms with E-state index in [2.05, 4.69) is 48.6 Å². The highest BCUT2D eigenvalue weighted by Crippen LogP contribution is 2.40. The molecule has 1 aromatic carbocycles. The summed E-state index contributed by atoms with van der Waals surface area (Å²) in [6, 6.07) is 11.9. The predicted molar refractivity (Wildman–Crippen MR) is 109 cm³/mol. The molecule has 4 heteroatoms. The van der Waals surface area contributed by atoms with E-state index >= 15 is 0 Å². The Morgan fingerprint density at radius 2 is 1.79 bits per heavy atom. The molecule has 2 atom stereocenters. The zero-order valence-corrected chi connectivity index (χ0v) is 16.3. The second-order valence-corrected chi connectivity index (χ2v) is 7.12. The first-order valence-electron chi connectivity index (χ1n) is 9.00. The van der Waals surface area contributed by atoms with Crippen molar-refractivity contribution in [2.45, 2.75) is 57.5 Å². The van der Waals surface area contributed by atoms with Crippen molar-refractivity contribution in [3.63, 3.8) is 0 Å². The topological polar surface area (TPSA) is 38.0 Å². The van der Waals surface area contributed by atoms with Gasteiger partial charge in [0.25, 0.3) is 0 Å². The molecule has 0 amide bonds. The molecule has 2 saturated carbocycles. The van der Waals surface area contributed by atoms with Gasteiger partial charge in [-0.3, -0.25) is 0 Å². The first kappa shape index (κ1) is 21.5. The van der Waals surface area contributed by atoms with Crippen molar-refractivity contribution >= 4 is 30.9 Å². The highest BCUT2D eigenvalue weighted by molar-refractivity contribution is 5.85. The van der Waals surface area contributed by atoms with Crippen LogP contribution in [0.3, 0.4) is 0 Å². The Morgan fingerprint density at radius 1 is 1.12 bits per heavy atom. The van der Waals surface area contributed by atoms with Crippen LogP contribution in [0.25, 0.3) is 6.08 Å². The summed E-state index contributed by atoms with van der Waals surface area (Å²) >= 11 is 0. The van der Waals surface area contributed by atoms with Gasteiger partial charge >= 0.3 is 0 Å². The molecule has 0 aliphatic heterocycles. The second kappa shape index (κ2) is 10.5. The third-order valence-electron chi connectivity index (χ3n) is 5.39. The molecule has 0 saturated heterocycles. The van der Waals surface area contributed by atoms with Crippen molar-refractivity contribution in [2.75, 3.05) is 6.54 Å². The fraction of sp³-hybridized carbons (Fsp3) is 0.600. The molecule has 0 radical (unpaired) electrons. The Bertz CT molecular complexity index is 496. The van der Waals surface area contributed by atoms with Gasteiger partial charge < -0.3 is 11.1 Å². The van der Waals surface area contributed by atoms with Crippen molar-refractivity contribution < 1.29 is 0 Å². The summed E-state index contributed by atoms with van der Waals surface area (Å²) in [6.45, 7) is 3.48. The van der Waals surface area contributed by atoms with Crippen molar-refractivity contribution in [1.29, 1.82) is 0 Å². The summed E-state index contributed by atoms with van der Waals surface area (Å²) in [7, 11) is 0. The van der Waals surface area contributed by atoms with Gasteiger partial charge in [-0.15, -0.1) is 24.8 Å². The molecular formula is C20H32Cl2N2. The van der Waals surface area contributed by atoms with E-state index in [-0.39, 0.29) is 24.8 Å². The summed E-state index contributed by atoms with van der Waals surface area (Å²) in [5, 5.41) is 3.81. The molecule has 2 nitrogen and oxygen atoms in total. The van der Waals surface area contributed by atoms with Gasteiger partial charge in [0.15, 0.2) is 0 Å². The molecule has 0 aromatic heterocycles. The van der Waals surface area contributed by atoms with Gasteiger partial charge in [-0.1, -0.05) is 48.9 Å². The maximum Gasteiger partial charge on any atom is 0.0140 e. The van der Waals surface area contributed by atoms with Gasteiger partial charge in [-0.2, -0.15) is 0 Å². The molecule has 1 aromatic rings. The summed E-state index contributed by atoms with van der Waals surface area (Å²) in [4.78, 5) is 0. The Hall–Kier alpha value is -0.540. The van der Waals surface area contributed by atoms with Crippen LogP contribution in [0.5, 0.6) is 0 Å². The van der Waals surface area contributed by atoms with Gasteiger partial charge in [-0.25, -0.2) is 0 Å². The van der Waals surface area contributed by atoms with Gasteiger partial charge in [0.1, 0.15) is 0 Å². The van der Waals surface area contributed by atoms with Crippen LogP contribution in [-0.4, -0.2) is 18.6 Å². The van der Waals surface area contributed by atoms with Gasteiger partial charge in [-0.05, 0) is 62.5 Å². The molecule has 3 rings (SSSR count). The normalized spacial score (nSPS) is 29.3. The Morgan fingerprint density at radius 3 is 2.42 bits per heavy atom. The highest BCUT2D eigenvalue weighted by Gasteiger charge is 2.39. The van der Waals surface area contributed by atoms with E-state index in [4.69, 9.17) is 5.73 Å². The van der Waals surface area contributed by atoms with Crippen LogP contribution >= 0.6 is 24.8 Å². The standard InChI is InChI=1S/C20H30N2.2ClH/c1-2-17(12-15-6-4-3-5-7-15)19-13-20(19)22-14-16-8-10-18(21)11-9-16;;/h3-7,12,16,18-20,22H,2,8-11,13-14,21H2,1H3;2*1H/t16-,18-,19-,20+;;/m0../s1. The lowest BCUT2D eigenvalue weighted by molar-refractivity contribution is 0.313. The van der Waals surface area contributed by atoms with E-state index in [0.29, 0.717) is 12.1 Å². The van der Waals surface area contributed by atoms with Gasteiger partial charge in [0, 0.05) is 12.1 Å². The number of nitrogens with two attached hydrogens (primary N) is 1. The average Bonchev–Trinajstić information content (AvgIpc) is 3.32. The molecule has 0 spiro atoms. The number of nitrogens with one attached hydrogen (secondary N) is 1. The van der Waals surface area contributed by atoms with Gasteiger partial charge in [0.2, 0.25) is 0 Å². The quantitative estimate of drug-likeness (QED) is 0.752. The minimum atomic E-state index is 0. The SMILES string of the molecule is CCC(=Cc1ccccc1)[C@@H]1C[C@H]1NC[C@H]1CC[C@H](N)CC1.Cl.Cl. The van der Waals surface area contributed by atoms with Crippen LogP contribution in [0, 0.1) is 11.8 Å². The zero-order chi connectivity index (χ0) is 15.4. The van der Waals surface area contributed by atoms with E-state index in [0.717, 1.165) is 18.3 Å². The van der Waals surface area contributed by atoms with E-state index in [1.165, 1.54) is 44.2 Å². The minimum Gasteiger partial charge on any atom is -0.328 e. The van der Waals surface area contributed by atoms with Crippen LogP contribution in [0.15, 0.2) is 35.9 Å². The van der Waals surface area contributed by atoms with E-state index in [9.17, 15) is 0 Å². The van der Waals surface area contributed by atoms with Crippen LogP contribution in [0.2, 0.25) is 0 Å². The molecule has 2 fully saturated rings. The minimum absolute atomic E-state index is 0. The van der Waals surface area contributed by atoms with Gasteiger partial charge in [0.05, 0.1) is 0 Å². The monoisotopic (exact) mass is 370 g/mol. The Balaban J connectivity index is 0.00000144. The summed E-state index contributed by atoms with van der Waals surface area (Å²) in [5.74, 6) is 1.61. The molecule has 2 aliphatic carbocycles. The third kappa shape index (κ3) is 6.07. The van der Waals surface area contributed by atoms with E-state index in [1.54, 1.807) is 5.57 Å². The summed E-state index contributed by atoms with van der Waals surface area (Å²) in [5.41, 5.74) is 8.94. The number of rotatable bonds is 6. The highest BCUT2D eigenvalue weighted by atomic mass is 35.5. The lowest BCUT2D eigenvalue weighted by Gasteiger charge is -2.26. The smallest absolute Gasteiger partial charge is 0.0140 e. The molecule has 0 bridgehead atoms. The van der Waals surface area contributed by atoms with Crippen LogP contribution < -0.4 is 11.1 Å². The lowest BCUT2D eigenvalue weighted by Crippen LogP contribution is -2.32. The van der Waals surface area contributed by atoms with Crippen LogP contribution in [0.4, 0.5) is 0 Å². The third-order valence-corrected chi connectivity index (χ3v) is 5.39. The number of hydrogen-bond donors (Lipinski definition) is 2. The van der Waals surface area contributed by atoms with E-state index in [1.807, 2.05) is 0 Å². The first-order valence-corrected chi connectivity index (χ1v) is 9.00. The molecule has 136 valence electrons. The number of hydrogen-bond acceptors (Lipinski definition) is 2. The van der Waals surface area contributed by atoms with Crippen molar-refractivity contribution in [3.8, 4) is 0 Å². The van der Waals surface area contributed by atoms with Crippen molar-refractivity contribution in [2.24, 2.45) is 17.6 Å². The second-order valence-electron chi connectivity index (χ2n) is 7.12. The Kier molecular flexibility index (Phi) is 9.36. The fourth-order valence-electron chi connectivity index (χ4n) is 3.78. The van der Waals surface area contributed by atoms with Crippen LogP contribution in [-0.2, 0) is 0 Å². The largest absolute Gasteiger partial charge is 0.328 e. The molecule has 0 heterocycles. The molecule has 3 N–H and O–H groups in total. The lowest BCUT2D eigenvalue weighted by atomic mass is 9.86. The molecule has 2 aliphatic rings. The number of halogens is 2. The average molecular weight is 371 g/mol. The zero-order valence-electron chi connectivity index (χ0n) is 14.6. The van der Waals surface area contributed by atoms with Crippen molar-refractivity contribution in [1.82, 2.24) is 5.32 Å². The fourth-order valence-corrected chi connectivity index (χ4v) is 3.78. The summed E-state index contributed by atoms with van der Waals surface area (Å²) < 4.78 is 0. The maximum atomic E-state index is 5.99. The molecular weight excluding hydrogens is 339 g/mol. The number of benzene rings is 1. The molecule has 24 heavy (non-hydrogen) atoms. The molecule has 0 unspecified atom stereocenters. The van der Waals surface area contributed by atoms with E-state index < -0.39 is 0 Å². The Labute approximate surface area is 159 Å². The van der Waals surface area contributed by atoms with Crippen molar-refractivity contribution in [3.05, 3.63) is 41.5 Å². The predicted octanol–water partition coefficient (Wildman–Crippen LogP) is 4.82.